The predicted molar refractivity (Wildman–Crippen MR) is 65.7 cm³/mol. The number of nitrogens with zero attached hydrogens (tertiary/aromatic N) is 4. The fraction of sp³-hybridized carbons (Fsp3) is 0.455. The first-order valence-electron chi connectivity index (χ1n) is 5.54. The van der Waals surface area contributed by atoms with E-state index in [0.29, 0.717) is 17.2 Å². The Kier molecular flexibility index (Phi) is 3.47. The van der Waals surface area contributed by atoms with Crippen LogP contribution >= 0.6 is 11.6 Å². The van der Waals surface area contributed by atoms with Crippen LogP contribution in [-0.4, -0.2) is 19.9 Å². The fourth-order valence-electron chi connectivity index (χ4n) is 1.64. The summed E-state index contributed by atoms with van der Waals surface area (Å²) in [5, 5.41) is 7.66. The molecule has 0 atom stereocenters. The lowest BCUT2D eigenvalue weighted by molar-refractivity contribution is 0.300. The summed E-state index contributed by atoms with van der Waals surface area (Å²) < 4.78 is 6.15. The Labute approximate surface area is 109 Å². The van der Waals surface area contributed by atoms with Gasteiger partial charge in [0.1, 0.15) is 22.4 Å². The smallest absolute Gasteiger partial charge is 0.255 e. The Balaban J connectivity index is 2.50. The van der Waals surface area contributed by atoms with Crippen molar-refractivity contribution < 1.29 is 4.63 Å². The quantitative estimate of drug-likeness (QED) is 0.793. The Bertz CT molecular complexity index is 618. The zero-order chi connectivity index (χ0) is 13.3. The highest BCUT2D eigenvalue weighted by atomic mass is 35.5. The molecule has 0 aliphatic rings. The molecule has 0 amide bonds. The molecule has 0 bridgehead atoms. The van der Waals surface area contributed by atoms with Crippen LogP contribution in [0.4, 0.5) is 0 Å². The molecule has 0 unspecified atom stereocenters. The highest BCUT2D eigenvalue weighted by molar-refractivity contribution is 6.29. The van der Waals surface area contributed by atoms with E-state index in [2.05, 4.69) is 19.9 Å². The van der Waals surface area contributed by atoms with Gasteiger partial charge >= 0.3 is 0 Å². The minimum Gasteiger partial charge on any atom is -0.290 e. The van der Waals surface area contributed by atoms with Crippen LogP contribution in [0.2, 0.25) is 5.15 Å². The average molecular weight is 269 g/mol. The van der Waals surface area contributed by atoms with Crippen LogP contribution in [-0.2, 0) is 6.54 Å². The molecule has 0 saturated heterocycles. The van der Waals surface area contributed by atoms with Gasteiger partial charge < -0.3 is 0 Å². The molecule has 2 rings (SSSR count). The van der Waals surface area contributed by atoms with E-state index in [1.165, 1.54) is 10.6 Å². The molecule has 0 fully saturated rings. The third-order valence-corrected chi connectivity index (χ3v) is 2.77. The van der Waals surface area contributed by atoms with E-state index in [-0.39, 0.29) is 23.2 Å². The van der Waals surface area contributed by atoms with E-state index in [4.69, 9.17) is 11.6 Å². The molecule has 0 N–H and O–H groups in total. The number of hydrogen-bond acceptors (Lipinski definition) is 5. The second kappa shape index (κ2) is 4.89. The van der Waals surface area contributed by atoms with Gasteiger partial charge in [-0.25, -0.2) is 9.61 Å². The standard InChI is InChI=1S/C11H13ClN4O2/c1-6(2)11-13-9(12)4-10(17)16(11)5-8-7(3)14-18-15-8/h4,6H,5H2,1-3H3. The lowest BCUT2D eigenvalue weighted by Gasteiger charge is -2.13. The summed E-state index contributed by atoms with van der Waals surface area (Å²) in [4.78, 5) is 16.2. The Hall–Kier alpha value is -1.69. The molecule has 0 spiro atoms. The van der Waals surface area contributed by atoms with Gasteiger partial charge in [-0.3, -0.25) is 9.36 Å². The van der Waals surface area contributed by atoms with Crippen molar-refractivity contribution >= 4 is 11.6 Å². The van der Waals surface area contributed by atoms with Gasteiger partial charge in [-0.2, -0.15) is 0 Å². The molecule has 0 aliphatic carbocycles. The van der Waals surface area contributed by atoms with Gasteiger partial charge in [0.25, 0.3) is 5.56 Å². The summed E-state index contributed by atoms with van der Waals surface area (Å²) in [7, 11) is 0. The van der Waals surface area contributed by atoms with Gasteiger partial charge in [-0.15, -0.1) is 0 Å². The van der Waals surface area contributed by atoms with Crippen LogP contribution in [0.25, 0.3) is 0 Å². The molecule has 2 aromatic rings. The van der Waals surface area contributed by atoms with Crippen LogP contribution < -0.4 is 5.56 Å². The minimum absolute atomic E-state index is 0.0802. The maximum absolute atomic E-state index is 12.0. The predicted octanol–water partition coefficient (Wildman–Crippen LogP) is 1.76. The van der Waals surface area contributed by atoms with Crippen molar-refractivity contribution in [3.05, 3.63) is 38.8 Å². The van der Waals surface area contributed by atoms with E-state index < -0.39 is 0 Å². The normalized spacial score (nSPS) is 11.2. The zero-order valence-electron chi connectivity index (χ0n) is 10.3. The second-order valence-electron chi connectivity index (χ2n) is 4.31. The topological polar surface area (TPSA) is 73.8 Å². The Morgan fingerprint density at radius 2 is 2.17 bits per heavy atom. The van der Waals surface area contributed by atoms with Crippen LogP contribution in [0, 0.1) is 6.92 Å². The van der Waals surface area contributed by atoms with Gasteiger partial charge in [-0.05, 0) is 6.92 Å². The first kappa shape index (κ1) is 12.8. The van der Waals surface area contributed by atoms with Crippen molar-refractivity contribution in [3.8, 4) is 0 Å². The maximum Gasteiger partial charge on any atom is 0.255 e. The van der Waals surface area contributed by atoms with E-state index in [1.54, 1.807) is 6.92 Å². The van der Waals surface area contributed by atoms with Gasteiger partial charge in [0.05, 0.1) is 6.54 Å². The largest absolute Gasteiger partial charge is 0.290 e. The van der Waals surface area contributed by atoms with E-state index in [9.17, 15) is 4.79 Å². The Morgan fingerprint density at radius 3 is 2.72 bits per heavy atom. The number of hydrogen-bond donors (Lipinski definition) is 0. The van der Waals surface area contributed by atoms with E-state index in [1.807, 2.05) is 13.8 Å². The van der Waals surface area contributed by atoms with Gasteiger partial charge in [0, 0.05) is 12.0 Å². The molecule has 0 radical (unpaired) electrons. The molecule has 2 heterocycles. The molecule has 0 aromatic carbocycles. The molecule has 6 nitrogen and oxygen atoms in total. The molecule has 2 aromatic heterocycles. The zero-order valence-corrected chi connectivity index (χ0v) is 11.1. The third kappa shape index (κ3) is 2.43. The number of aromatic nitrogens is 4. The maximum atomic E-state index is 12.0. The molecule has 18 heavy (non-hydrogen) atoms. The van der Waals surface area contributed by atoms with Crippen molar-refractivity contribution in [3.63, 3.8) is 0 Å². The van der Waals surface area contributed by atoms with Crippen LogP contribution in [0.3, 0.4) is 0 Å². The van der Waals surface area contributed by atoms with Crippen molar-refractivity contribution in [2.75, 3.05) is 0 Å². The molecular weight excluding hydrogens is 256 g/mol. The van der Waals surface area contributed by atoms with Crippen molar-refractivity contribution in [1.82, 2.24) is 19.9 Å². The highest BCUT2D eigenvalue weighted by Crippen LogP contribution is 2.14. The number of halogens is 1. The van der Waals surface area contributed by atoms with Crippen molar-refractivity contribution in [2.24, 2.45) is 0 Å². The fourth-order valence-corrected chi connectivity index (χ4v) is 1.82. The minimum atomic E-state index is -0.207. The average Bonchev–Trinajstić information content (AvgIpc) is 2.67. The molecular formula is C11H13ClN4O2. The summed E-state index contributed by atoms with van der Waals surface area (Å²) >= 11 is 5.81. The molecule has 7 heteroatoms. The lowest BCUT2D eigenvalue weighted by Crippen LogP contribution is -2.26. The molecule has 96 valence electrons. The summed E-state index contributed by atoms with van der Waals surface area (Å²) in [5.74, 6) is 0.700. The molecule has 0 saturated carbocycles. The van der Waals surface area contributed by atoms with E-state index >= 15 is 0 Å². The third-order valence-electron chi connectivity index (χ3n) is 2.58. The SMILES string of the molecule is Cc1nonc1Cn1c(C(C)C)nc(Cl)cc1=O. The summed E-state index contributed by atoms with van der Waals surface area (Å²) in [5.41, 5.74) is 1.07. The Morgan fingerprint density at radius 1 is 1.44 bits per heavy atom. The van der Waals surface area contributed by atoms with Gasteiger partial charge in [0.15, 0.2) is 0 Å². The number of aryl methyl sites for hydroxylation is 1. The monoisotopic (exact) mass is 268 g/mol. The van der Waals surface area contributed by atoms with Crippen molar-refractivity contribution in [1.29, 1.82) is 0 Å². The summed E-state index contributed by atoms with van der Waals surface area (Å²) in [6.45, 7) is 5.95. The summed E-state index contributed by atoms with van der Waals surface area (Å²) in [6.07, 6.45) is 0. The van der Waals surface area contributed by atoms with Crippen LogP contribution in [0.1, 0.15) is 37.0 Å². The second-order valence-corrected chi connectivity index (χ2v) is 4.70. The number of rotatable bonds is 3. The lowest BCUT2D eigenvalue weighted by atomic mass is 10.2. The highest BCUT2D eigenvalue weighted by Gasteiger charge is 2.14. The van der Waals surface area contributed by atoms with Crippen molar-refractivity contribution in [2.45, 2.75) is 33.2 Å². The molecule has 0 aliphatic heterocycles. The summed E-state index contributed by atoms with van der Waals surface area (Å²) in [6, 6.07) is 1.29. The first-order valence-corrected chi connectivity index (χ1v) is 5.92. The van der Waals surface area contributed by atoms with Gasteiger partial charge in [0.2, 0.25) is 0 Å². The van der Waals surface area contributed by atoms with Gasteiger partial charge in [-0.1, -0.05) is 35.8 Å². The van der Waals surface area contributed by atoms with E-state index in [0.717, 1.165) is 0 Å². The first-order chi connectivity index (χ1) is 8.49. The van der Waals surface area contributed by atoms with Crippen LogP contribution in [0.15, 0.2) is 15.5 Å². The van der Waals surface area contributed by atoms with Crippen LogP contribution in [0.5, 0.6) is 0 Å².